The maximum Gasteiger partial charge on any atom is 0.318 e. The third-order valence-corrected chi connectivity index (χ3v) is 3.88. The van der Waals surface area contributed by atoms with Crippen LogP contribution in [0.3, 0.4) is 0 Å². The molecule has 0 saturated heterocycles. The number of hydrogen-bond acceptors (Lipinski definition) is 2. The minimum atomic E-state index is -0.757. The molecule has 4 heteroatoms. The number of nitrogens with one attached hydrogen (secondary N) is 1. The molecule has 1 saturated carbocycles. The highest BCUT2D eigenvalue weighted by atomic mass is 16.2. The van der Waals surface area contributed by atoms with Gasteiger partial charge in [0.25, 0.3) is 0 Å². The number of urea groups is 1. The van der Waals surface area contributed by atoms with Gasteiger partial charge in [0.15, 0.2) is 0 Å². The lowest BCUT2D eigenvalue weighted by molar-refractivity contribution is -0.121. The Kier molecular flexibility index (Phi) is 2.18. The molecule has 0 spiro atoms. The van der Waals surface area contributed by atoms with Gasteiger partial charge in [0.05, 0.1) is 0 Å². The Morgan fingerprint density at radius 1 is 1.29 bits per heavy atom. The van der Waals surface area contributed by atoms with Crippen LogP contribution in [0, 0.1) is 11.8 Å². The van der Waals surface area contributed by atoms with Crippen LogP contribution in [0.1, 0.15) is 23.5 Å². The predicted molar refractivity (Wildman–Crippen MR) is 62.2 cm³/mol. The summed E-state index contributed by atoms with van der Waals surface area (Å²) in [5.74, 6) is 0.402. The number of amides is 3. The standard InChI is InChI=1S/C13H14N2O2/c14-13(17)15-12(16)11-9-6-5-7-3-1-2-4-8(7)10(9)11/h1-4,9-11H,5-6H2,(H3,14,15,16,17). The van der Waals surface area contributed by atoms with Crippen LogP contribution < -0.4 is 11.1 Å². The quantitative estimate of drug-likeness (QED) is 0.759. The van der Waals surface area contributed by atoms with E-state index in [0.29, 0.717) is 11.8 Å². The van der Waals surface area contributed by atoms with Gasteiger partial charge in [-0.3, -0.25) is 10.1 Å². The highest BCUT2D eigenvalue weighted by Gasteiger charge is 2.57. The fourth-order valence-electron chi connectivity index (χ4n) is 3.13. The highest BCUT2D eigenvalue weighted by Crippen LogP contribution is 2.59. The first kappa shape index (κ1) is 10.3. The minimum absolute atomic E-state index is 0.0638. The number of hydrogen-bond donors (Lipinski definition) is 2. The summed E-state index contributed by atoms with van der Waals surface area (Å²) in [4.78, 5) is 22.5. The van der Waals surface area contributed by atoms with Crippen molar-refractivity contribution in [1.82, 2.24) is 5.32 Å². The van der Waals surface area contributed by atoms with E-state index in [2.05, 4.69) is 17.4 Å². The van der Waals surface area contributed by atoms with Crippen molar-refractivity contribution >= 4 is 11.9 Å². The van der Waals surface area contributed by atoms with Crippen molar-refractivity contribution < 1.29 is 9.59 Å². The van der Waals surface area contributed by atoms with Gasteiger partial charge in [0.2, 0.25) is 5.91 Å². The zero-order chi connectivity index (χ0) is 12.0. The second kappa shape index (κ2) is 3.58. The molecule has 3 atom stereocenters. The second-order valence-electron chi connectivity index (χ2n) is 4.81. The molecular formula is C13H14N2O2. The average Bonchev–Trinajstić information content (AvgIpc) is 3.02. The van der Waals surface area contributed by atoms with Crippen molar-refractivity contribution in [3.8, 4) is 0 Å². The molecule has 3 rings (SSSR count). The molecule has 4 nitrogen and oxygen atoms in total. The molecule has 17 heavy (non-hydrogen) atoms. The van der Waals surface area contributed by atoms with Crippen LogP contribution in [0.5, 0.6) is 0 Å². The van der Waals surface area contributed by atoms with E-state index < -0.39 is 6.03 Å². The van der Waals surface area contributed by atoms with Crippen molar-refractivity contribution in [2.45, 2.75) is 18.8 Å². The first-order valence-corrected chi connectivity index (χ1v) is 5.86. The molecule has 2 aliphatic carbocycles. The third kappa shape index (κ3) is 1.60. The Labute approximate surface area is 99.2 Å². The number of benzene rings is 1. The van der Waals surface area contributed by atoms with E-state index >= 15 is 0 Å². The van der Waals surface area contributed by atoms with E-state index in [0.717, 1.165) is 12.8 Å². The van der Waals surface area contributed by atoms with Gasteiger partial charge in [-0.05, 0) is 35.8 Å². The van der Waals surface area contributed by atoms with E-state index in [1.807, 2.05) is 12.1 Å². The fourth-order valence-corrected chi connectivity index (χ4v) is 3.13. The number of aryl methyl sites for hydroxylation is 1. The lowest BCUT2D eigenvalue weighted by Gasteiger charge is -2.13. The van der Waals surface area contributed by atoms with Crippen LogP contribution in [0.25, 0.3) is 0 Å². The molecule has 0 aliphatic heterocycles. The monoisotopic (exact) mass is 230 g/mol. The van der Waals surface area contributed by atoms with E-state index in [1.165, 1.54) is 11.1 Å². The molecule has 3 unspecified atom stereocenters. The van der Waals surface area contributed by atoms with Crippen LogP contribution in [0.4, 0.5) is 4.79 Å². The number of primary amides is 1. The Morgan fingerprint density at radius 3 is 2.82 bits per heavy atom. The first-order valence-electron chi connectivity index (χ1n) is 5.86. The summed E-state index contributed by atoms with van der Waals surface area (Å²) in [5.41, 5.74) is 7.58. The summed E-state index contributed by atoms with van der Waals surface area (Å²) in [6.45, 7) is 0. The predicted octanol–water partition coefficient (Wildman–Crippen LogP) is 1.16. The lowest BCUT2D eigenvalue weighted by Crippen LogP contribution is -2.36. The van der Waals surface area contributed by atoms with E-state index in [1.54, 1.807) is 0 Å². The van der Waals surface area contributed by atoms with Crippen LogP contribution in [0.2, 0.25) is 0 Å². The number of nitrogens with two attached hydrogens (primary N) is 1. The smallest absolute Gasteiger partial charge is 0.318 e. The summed E-state index contributed by atoms with van der Waals surface area (Å²) >= 11 is 0. The molecule has 1 aromatic carbocycles. The summed E-state index contributed by atoms with van der Waals surface area (Å²) in [5, 5.41) is 2.19. The molecule has 88 valence electrons. The molecule has 1 fully saturated rings. The first-order chi connectivity index (χ1) is 8.18. The van der Waals surface area contributed by atoms with E-state index in [9.17, 15) is 9.59 Å². The minimum Gasteiger partial charge on any atom is -0.351 e. The third-order valence-electron chi connectivity index (χ3n) is 3.88. The number of fused-ring (bicyclic) bond motifs is 3. The molecule has 3 N–H and O–H groups in total. The normalized spacial score (nSPS) is 28.8. The lowest BCUT2D eigenvalue weighted by atomic mass is 9.92. The van der Waals surface area contributed by atoms with Crippen molar-refractivity contribution in [1.29, 1.82) is 0 Å². The van der Waals surface area contributed by atoms with Gasteiger partial charge in [-0.2, -0.15) is 0 Å². The largest absolute Gasteiger partial charge is 0.351 e. The van der Waals surface area contributed by atoms with Crippen LogP contribution in [-0.4, -0.2) is 11.9 Å². The number of carbonyl (C=O) groups excluding carboxylic acids is 2. The Morgan fingerprint density at radius 2 is 2.06 bits per heavy atom. The van der Waals surface area contributed by atoms with Crippen LogP contribution in [-0.2, 0) is 11.2 Å². The topological polar surface area (TPSA) is 72.2 Å². The van der Waals surface area contributed by atoms with Crippen LogP contribution >= 0.6 is 0 Å². The Balaban J connectivity index is 1.82. The van der Waals surface area contributed by atoms with Crippen molar-refractivity contribution in [2.75, 3.05) is 0 Å². The average molecular weight is 230 g/mol. The molecule has 0 aromatic heterocycles. The van der Waals surface area contributed by atoms with Crippen molar-refractivity contribution in [2.24, 2.45) is 17.6 Å². The zero-order valence-corrected chi connectivity index (χ0v) is 9.35. The van der Waals surface area contributed by atoms with E-state index in [4.69, 9.17) is 5.73 Å². The summed E-state index contributed by atoms with van der Waals surface area (Å²) in [6, 6.07) is 7.48. The number of rotatable bonds is 1. The fraction of sp³-hybridized carbons (Fsp3) is 0.385. The summed E-state index contributed by atoms with van der Waals surface area (Å²) < 4.78 is 0. The summed E-state index contributed by atoms with van der Waals surface area (Å²) in [7, 11) is 0. The second-order valence-corrected chi connectivity index (χ2v) is 4.81. The van der Waals surface area contributed by atoms with Gasteiger partial charge < -0.3 is 5.73 Å². The highest BCUT2D eigenvalue weighted by molar-refractivity contribution is 5.97. The molecule has 0 heterocycles. The van der Waals surface area contributed by atoms with Gasteiger partial charge in [-0.25, -0.2) is 4.79 Å². The molecule has 0 radical (unpaired) electrons. The van der Waals surface area contributed by atoms with Crippen molar-refractivity contribution in [3.63, 3.8) is 0 Å². The molecule has 3 amide bonds. The van der Waals surface area contributed by atoms with Crippen molar-refractivity contribution in [3.05, 3.63) is 35.4 Å². The maximum atomic E-state index is 11.8. The van der Waals surface area contributed by atoms with Gasteiger partial charge in [0, 0.05) is 5.92 Å². The maximum absolute atomic E-state index is 11.8. The Hall–Kier alpha value is -1.84. The molecular weight excluding hydrogens is 216 g/mol. The number of imide groups is 1. The van der Waals surface area contributed by atoms with Gasteiger partial charge in [-0.15, -0.1) is 0 Å². The van der Waals surface area contributed by atoms with Gasteiger partial charge in [-0.1, -0.05) is 24.3 Å². The van der Waals surface area contributed by atoms with Crippen LogP contribution in [0.15, 0.2) is 24.3 Å². The summed E-state index contributed by atoms with van der Waals surface area (Å²) in [6.07, 6.45) is 2.05. The number of carbonyl (C=O) groups is 2. The van der Waals surface area contributed by atoms with Gasteiger partial charge in [0.1, 0.15) is 0 Å². The SMILES string of the molecule is NC(=O)NC(=O)C1C2CCc3ccccc3C21. The van der Waals surface area contributed by atoms with Gasteiger partial charge >= 0.3 is 6.03 Å². The Bertz CT molecular complexity index is 498. The molecule has 0 bridgehead atoms. The molecule has 2 aliphatic rings. The van der Waals surface area contributed by atoms with E-state index in [-0.39, 0.29) is 11.8 Å². The zero-order valence-electron chi connectivity index (χ0n) is 9.35. The molecule has 1 aromatic rings.